The first-order valence-corrected chi connectivity index (χ1v) is 7.31. The molecule has 106 valence electrons. The SMILES string of the molecule is CCc1nc(COC(=O)CCn2ccccc2=O)cs1. The zero-order valence-electron chi connectivity index (χ0n) is 11.2. The number of carbonyl (C=O) groups is 1. The molecule has 2 aromatic rings. The van der Waals surface area contributed by atoms with Gasteiger partial charge in [0.25, 0.3) is 5.56 Å². The van der Waals surface area contributed by atoms with Gasteiger partial charge in [0, 0.05) is 24.2 Å². The summed E-state index contributed by atoms with van der Waals surface area (Å²) in [5, 5.41) is 2.93. The van der Waals surface area contributed by atoms with Crippen LogP contribution in [0.3, 0.4) is 0 Å². The first kappa shape index (κ1) is 14.5. The smallest absolute Gasteiger partial charge is 0.307 e. The molecule has 5 nitrogen and oxygen atoms in total. The lowest BCUT2D eigenvalue weighted by Gasteiger charge is -2.05. The highest BCUT2D eigenvalue weighted by molar-refractivity contribution is 7.09. The fourth-order valence-corrected chi connectivity index (χ4v) is 2.39. The molecular formula is C14H16N2O3S. The Morgan fingerprint density at radius 1 is 1.45 bits per heavy atom. The third-order valence-corrected chi connectivity index (χ3v) is 3.78. The first-order chi connectivity index (χ1) is 9.69. The maximum atomic E-state index is 11.6. The molecule has 0 atom stereocenters. The van der Waals surface area contributed by atoms with Crippen LogP contribution in [0.5, 0.6) is 0 Å². The number of pyridine rings is 1. The molecule has 0 bridgehead atoms. The van der Waals surface area contributed by atoms with Gasteiger partial charge in [-0.05, 0) is 12.5 Å². The van der Waals surface area contributed by atoms with Gasteiger partial charge in [-0.3, -0.25) is 9.59 Å². The van der Waals surface area contributed by atoms with Crippen LogP contribution in [0.1, 0.15) is 24.0 Å². The van der Waals surface area contributed by atoms with Crippen LogP contribution < -0.4 is 5.56 Å². The Balaban J connectivity index is 1.78. The molecule has 6 heteroatoms. The number of rotatable bonds is 6. The highest BCUT2D eigenvalue weighted by Crippen LogP contribution is 2.11. The van der Waals surface area contributed by atoms with E-state index >= 15 is 0 Å². The van der Waals surface area contributed by atoms with Crippen molar-refractivity contribution in [2.75, 3.05) is 0 Å². The third-order valence-electron chi connectivity index (χ3n) is 2.74. The van der Waals surface area contributed by atoms with Crippen molar-refractivity contribution < 1.29 is 9.53 Å². The molecule has 0 amide bonds. The van der Waals surface area contributed by atoms with Crippen LogP contribution >= 0.6 is 11.3 Å². The van der Waals surface area contributed by atoms with Crippen LogP contribution in [-0.4, -0.2) is 15.5 Å². The topological polar surface area (TPSA) is 61.2 Å². The summed E-state index contributed by atoms with van der Waals surface area (Å²) in [4.78, 5) is 27.4. The monoisotopic (exact) mass is 292 g/mol. The van der Waals surface area contributed by atoms with Gasteiger partial charge in [0.1, 0.15) is 6.61 Å². The van der Waals surface area contributed by atoms with Crippen LogP contribution in [0, 0.1) is 0 Å². The predicted octanol–water partition coefficient (Wildman–Crippen LogP) is 2.00. The van der Waals surface area contributed by atoms with Crippen molar-refractivity contribution in [1.82, 2.24) is 9.55 Å². The summed E-state index contributed by atoms with van der Waals surface area (Å²) >= 11 is 1.57. The van der Waals surface area contributed by atoms with E-state index in [1.807, 2.05) is 12.3 Å². The molecule has 0 radical (unpaired) electrons. The Bertz CT molecular complexity index is 633. The lowest BCUT2D eigenvalue weighted by molar-refractivity contribution is -0.145. The number of carbonyl (C=O) groups excluding carboxylic acids is 1. The summed E-state index contributed by atoms with van der Waals surface area (Å²) < 4.78 is 6.62. The van der Waals surface area contributed by atoms with Crippen molar-refractivity contribution in [1.29, 1.82) is 0 Å². The van der Waals surface area contributed by atoms with E-state index in [0.29, 0.717) is 6.54 Å². The van der Waals surface area contributed by atoms with Crippen molar-refractivity contribution in [3.63, 3.8) is 0 Å². The second kappa shape index (κ2) is 7.00. The molecule has 0 spiro atoms. The van der Waals surface area contributed by atoms with Gasteiger partial charge >= 0.3 is 5.97 Å². The number of nitrogens with zero attached hydrogens (tertiary/aromatic N) is 2. The van der Waals surface area contributed by atoms with Gasteiger partial charge in [0.15, 0.2) is 0 Å². The van der Waals surface area contributed by atoms with Crippen molar-refractivity contribution in [3.8, 4) is 0 Å². The summed E-state index contributed by atoms with van der Waals surface area (Å²) in [6.07, 6.45) is 2.72. The van der Waals surface area contributed by atoms with E-state index in [-0.39, 0.29) is 24.6 Å². The lowest BCUT2D eigenvalue weighted by atomic mass is 10.4. The average molecular weight is 292 g/mol. The van der Waals surface area contributed by atoms with Crippen LogP contribution in [0.2, 0.25) is 0 Å². The van der Waals surface area contributed by atoms with Gasteiger partial charge in [-0.1, -0.05) is 13.0 Å². The molecule has 0 N–H and O–H groups in total. The minimum atomic E-state index is -0.327. The van der Waals surface area contributed by atoms with Crippen LogP contribution in [0.25, 0.3) is 0 Å². The quantitative estimate of drug-likeness (QED) is 0.764. The van der Waals surface area contributed by atoms with Gasteiger partial charge in [-0.2, -0.15) is 0 Å². The molecule has 2 aromatic heterocycles. The summed E-state index contributed by atoms with van der Waals surface area (Å²) in [5.74, 6) is -0.327. The van der Waals surface area contributed by atoms with Crippen LogP contribution in [0.15, 0.2) is 34.6 Å². The fourth-order valence-electron chi connectivity index (χ4n) is 1.66. The largest absolute Gasteiger partial charge is 0.459 e. The number of hydrogen-bond donors (Lipinski definition) is 0. The molecule has 2 heterocycles. The zero-order valence-corrected chi connectivity index (χ0v) is 12.1. The number of esters is 1. The summed E-state index contributed by atoms with van der Waals surface area (Å²) in [5.41, 5.74) is 0.657. The Morgan fingerprint density at radius 3 is 3.00 bits per heavy atom. The molecule has 0 aliphatic carbocycles. The van der Waals surface area contributed by atoms with Crippen LogP contribution in [0.4, 0.5) is 0 Å². The summed E-state index contributed by atoms with van der Waals surface area (Å²) in [7, 11) is 0. The second-order valence-corrected chi connectivity index (χ2v) is 5.17. The number of ether oxygens (including phenoxy) is 1. The standard InChI is InChI=1S/C14H16N2O3S/c1-2-12-15-11(10-20-12)9-19-14(18)6-8-16-7-4-3-5-13(16)17/h3-5,7,10H,2,6,8-9H2,1H3. The maximum Gasteiger partial charge on any atom is 0.307 e. The van der Waals surface area contributed by atoms with E-state index in [1.165, 1.54) is 10.6 Å². The predicted molar refractivity (Wildman–Crippen MR) is 76.6 cm³/mol. The molecule has 0 fully saturated rings. The van der Waals surface area contributed by atoms with E-state index in [1.54, 1.807) is 29.7 Å². The second-order valence-electron chi connectivity index (χ2n) is 4.23. The fraction of sp³-hybridized carbons (Fsp3) is 0.357. The van der Waals surface area contributed by atoms with Gasteiger partial charge in [-0.15, -0.1) is 11.3 Å². The zero-order chi connectivity index (χ0) is 14.4. The number of aryl methyl sites for hydroxylation is 2. The lowest BCUT2D eigenvalue weighted by Crippen LogP contribution is -2.20. The Labute approximate surface area is 120 Å². The minimum absolute atomic E-state index is 0.118. The number of thiazole rings is 1. The minimum Gasteiger partial charge on any atom is -0.459 e. The Hall–Kier alpha value is -1.95. The van der Waals surface area contributed by atoms with Crippen molar-refractivity contribution in [3.05, 3.63) is 50.8 Å². The van der Waals surface area contributed by atoms with Gasteiger partial charge in [0.05, 0.1) is 17.1 Å². The molecular weight excluding hydrogens is 276 g/mol. The molecule has 0 unspecified atom stereocenters. The van der Waals surface area contributed by atoms with Gasteiger partial charge in [-0.25, -0.2) is 4.98 Å². The number of aromatic nitrogens is 2. The average Bonchev–Trinajstić information content (AvgIpc) is 2.92. The Morgan fingerprint density at radius 2 is 2.30 bits per heavy atom. The summed E-state index contributed by atoms with van der Waals surface area (Å²) in [6.45, 7) is 2.56. The van der Waals surface area contributed by atoms with Gasteiger partial charge in [0.2, 0.25) is 0 Å². The molecule has 0 aliphatic heterocycles. The maximum absolute atomic E-state index is 11.6. The highest BCUT2D eigenvalue weighted by atomic mass is 32.1. The van der Waals surface area contributed by atoms with Gasteiger partial charge < -0.3 is 9.30 Å². The Kier molecular flexibility index (Phi) is 5.06. The molecule has 0 aliphatic rings. The van der Waals surface area contributed by atoms with E-state index in [2.05, 4.69) is 4.98 Å². The molecule has 0 saturated carbocycles. The molecule has 20 heavy (non-hydrogen) atoms. The van der Waals surface area contributed by atoms with Crippen LogP contribution in [-0.2, 0) is 29.1 Å². The number of hydrogen-bond acceptors (Lipinski definition) is 5. The first-order valence-electron chi connectivity index (χ1n) is 6.43. The molecule has 2 rings (SSSR count). The van der Waals surface area contributed by atoms with E-state index in [9.17, 15) is 9.59 Å². The third kappa shape index (κ3) is 4.03. The van der Waals surface area contributed by atoms with Crippen molar-refractivity contribution >= 4 is 17.3 Å². The van der Waals surface area contributed by atoms with E-state index in [0.717, 1.165) is 17.1 Å². The summed E-state index contributed by atoms with van der Waals surface area (Å²) in [6, 6.07) is 4.89. The molecule has 0 saturated heterocycles. The van der Waals surface area contributed by atoms with E-state index < -0.39 is 0 Å². The van der Waals surface area contributed by atoms with Crippen molar-refractivity contribution in [2.45, 2.75) is 32.9 Å². The van der Waals surface area contributed by atoms with Crippen molar-refractivity contribution in [2.24, 2.45) is 0 Å². The normalized spacial score (nSPS) is 10.4. The van der Waals surface area contributed by atoms with E-state index in [4.69, 9.17) is 4.74 Å². The highest BCUT2D eigenvalue weighted by Gasteiger charge is 2.06. The molecule has 0 aromatic carbocycles.